The van der Waals surface area contributed by atoms with Gasteiger partial charge in [0, 0.05) is 25.3 Å². The van der Waals surface area contributed by atoms with E-state index in [4.69, 9.17) is 5.73 Å². The molecule has 0 aliphatic carbocycles. The fourth-order valence-electron chi connectivity index (χ4n) is 2.39. The van der Waals surface area contributed by atoms with Crippen LogP contribution < -0.4 is 5.73 Å². The Balaban J connectivity index is 1.86. The molecule has 1 aliphatic rings. The van der Waals surface area contributed by atoms with Crippen molar-refractivity contribution < 1.29 is 0 Å². The second-order valence-electron chi connectivity index (χ2n) is 6.33. The number of rotatable bonds is 2. The van der Waals surface area contributed by atoms with E-state index in [0.717, 1.165) is 5.75 Å². The van der Waals surface area contributed by atoms with Crippen molar-refractivity contribution in [2.75, 3.05) is 5.75 Å². The van der Waals surface area contributed by atoms with E-state index in [1.54, 1.807) is 4.88 Å². The summed E-state index contributed by atoms with van der Waals surface area (Å²) in [6.07, 6.45) is 1.22. The fraction of sp³-hybridized carbons (Fsp3) is 0.500. The molecule has 1 atom stereocenters. The van der Waals surface area contributed by atoms with Gasteiger partial charge in [0.1, 0.15) is 0 Å². The molecule has 4 heteroatoms. The van der Waals surface area contributed by atoms with Crippen molar-refractivity contribution in [3.63, 3.8) is 0 Å². The van der Waals surface area contributed by atoms with Crippen LogP contribution in [0.2, 0.25) is 0 Å². The molecule has 108 valence electrons. The van der Waals surface area contributed by atoms with E-state index >= 15 is 0 Å². The van der Waals surface area contributed by atoms with Crippen LogP contribution in [-0.2, 0) is 17.6 Å². The number of hydrogen-bond donors (Lipinski definition) is 1. The Kier molecular flexibility index (Phi) is 4.01. The van der Waals surface area contributed by atoms with Crippen molar-refractivity contribution in [3.8, 4) is 0 Å². The zero-order chi connectivity index (χ0) is 14.3. The van der Waals surface area contributed by atoms with Gasteiger partial charge in [0.15, 0.2) is 0 Å². The smallest absolute Gasteiger partial charge is 0.0740 e. The fourth-order valence-corrected chi connectivity index (χ4v) is 5.94. The Bertz CT molecular complexity index is 580. The molecule has 0 saturated carbocycles. The normalized spacial score (nSPS) is 17.0. The van der Waals surface area contributed by atoms with Crippen molar-refractivity contribution in [1.29, 1.82) is 0 Å². The number of thiophene rings is 2. The van der Waals surface area contributed by atoms with Gasteiger partial charge in [-0.25, -0.2) is 0 Å². The van der Waals surface area contributed by atoms with Gasteiger partial charge < -0.3 is 5.73 Å². The average molecular weight is 324 g/mol. The molecular formula is C16H21NS3. The van der Waals surface area contributed by atoms with Crippen LogP contribution in [0.15, 0.2) is 18.2 Å². The van der Waals surface area contributed by atoms with Crippen LogP contribution in [0.1, 0.15) is 51.9 Å². The van der Waals surface area contributed by atoms with Gasteiger partial charge in [0.25, 0.3) is 0 Å². The predicted octanol–water partition coefficient (Wildman–Crippen LogP) is 4.94. The van der Waals surface area contributed by atoms with E-state index in [-0.39, 0.29) is 11.5 Å². The number of aryl methyl sites for hydroxylation is 1. The Labute approximate surface area is 133 Å². The maximum Gasteiger partial charge on any atom is 0.0740 e. The monoisotopic (exact) mass is 323 g/mol. The predicted molar refractivity (Wildman–Crippen MR) is 93.2 cm³/mol. The SMILES string of the molecule is CC(C)(C)c1ccc(C(N)c2cc3c(s2)CCSC3)s1. The number of fused-ring (bicyclic) bond motifs is 1. The van der Waals surface area contributed by atoms with Crippen LogP contribution in [-0.4, -0.2) is 5.75 Å². The van der Waals surface area contributed by atoms with Gasteiger partial charge in [-0.1, -0.05) is 20.8 Å². The van der Waals surface area contributed by atoms with E-state index in [1.165, 1.54) is 32.4 Å². The summed E-state index contributed by atoms with van der Waals surface area (Å²) < 4.78 is 0. The topological polar surface area (TPSA) is 26.0 Å². The summed E-state index contributed by atoms with van der Waals surface area (Å²) >= 11 is 5.82. The lowest BCUT2D eigenvalue weighted by Gasteiger charge is -2.15. The van der Waals surface area contributed by atoms with E-state index in [0.29, 0.717) is 0 Å². The minimum absolute atomic E-state index is 0.0525. The second-order valence-corrected chi connectivity index (χ2v) is 9.72. The first-order valence-electron chi connectivity index (χ1n) is 7.00. The third-order valence-electron chi connectivity index (χ3n) is 3.63. The Morgan fingerprint density at radius 2 is 1.95 bits per heavy atom. The molecule has 1 unspecified atom stereocenters. The molecule has 0 radical (unpaired) electrons. The highest BCUT2D eigenvalue weighted by atomic mass is 32.2. The molecule has 0 bridgehead atoms. The van der Waals surface area contributed by atoms with Crippen LogP contribution in [0, 0.1) is 0 Å². The van der Waals surface area contributed by atoms with Crippen LogP contribution in [0.3, 0.4) is 0 Å². The van der Waals surface area contributed by atoms with Crippen molar-refractivity contribution in [2.24, 2.45) is 5.73 Å². The summed E-state index contributed by atoms with van der Waals surface area (Å²) in [6.45, 7) is 6.78. The van der Waals surface area contributed by atoms with Crippen molar-refractivity contribution in [2.45, 2.75) is 44.4 Å². The van der Waals surface area contributed by atoms with Crippen LogP contribution in [0.25, 0.3) is 0 Å². The highest BCUT2D eigenvalue weighted by Crippen LogP contribution is 2.38. The highest BCUT2D eigenvalue weighted by Gasteiger charge is 2.22. The largest absolute Gasteiger partial charge is 0.319 e. The first-order chi connectivity index (χ1) is 9.45. The molecule has 0 aromatic carbocycles. The summed E-state index contributed by atoms with van der Waals surface area (Å²) in [5, 5.41) is 0. The lowest BCUT2D eigenvalue weighted by Crippen LogP contribution is -2.09. The second kappa shape index (κ2) is 5.48. The molecule has 3 heterocycles. The van der Waals surface area contributed by atoms with Crippen LogP contribution in [0.4, 0.5) is 0 Å². The van der Waals surface area contributed by atoms with Crippen molar-refractivity contribution in [1.82, 2.24) is 0 Å². The molecule has 1 aliphatic heterocycles. The minimum atomic E-state index is 0.0525. The maximum atomic E-state index is 6.50. The Morgan fingerprint density at radius 3 is 2.60 bits per heavy atom. The molecule has 0 fully saturated rings. The summed E-state index contributed by atoms with van der Waals surface area (Å²) in [4.78, 5) is 5.60. The molecule has 2 aromatic rings. The molecule has 0 saturated heterocycles. The summed E-state index contributed by atoms with van der Waals surface area (Å²) in [5.74, 6) is 2.42. The van der Waals surface area contributed by atoms with E-state index in [2.05, 4.69) is 39.0 Å². The Morgan fingerprint density at radius 1 is 1.15 bits per heavy atom. The van der Waals surface area contributed by atoms with Crippen molar-refractivity contribution in [3.05, 3.63) is 43.3 Å². The van der Waals surface area contributed by atoms with Crippen LogP contribution in [0.5, 0.6) is 0 Å². The quantitative estimate of drug-likeness (QED) is 0.846. The average Bonchev–Trinajstić information content (AvgIpc) is 3.04. The van der Waals surface area contributed by atoms with Gasteiger partial charge in [-0.05, 0) is 41.4 Å². The van der Waals surface area contributed by atoms with E-state index in [1.807, 2.05) is 34.4 Å². The third-order valence-corrected chi connectivity index (χ3v) is 7.55. The van der Waals surface area contributed by atoms with Crippen LogP contribution >= 0.6 is 34.4 Å². The first-order valence-corrected chi connectivity index (χ1v) is 9.79. The molecule has 1 nitrogen and oxygen atoms in total. The lowest BCUT2D eigenvalue weighted by atomic mass is 9.95. The number of nitrogens with two attached hydrogens (primary N) is 1. The van der Waals surface area contributed by atoms with Gasteiger partial charge in [0.05, 0.1) is 6.04 Å². The summed E-state index contributed by atoms with van der Waals surface area (Å²) in [5.41, 5.74) is 8.23. The van der Waals surface area contributed by atoms with Gasteiger partial charge in [-0.15, -0.1) is 22.7 Å². The molecule has 20 heavy (non-hydrogen) atoms. The zero-order valence-corrected chi connectivity index (χ0v) is 14.7. The van der Waals surface area contributed by atoms with E-state index < -0.39 is 0 Å². The minimum Gasteiger partial charge on any atom is -0.319 e. The van der Waals surface area contributed by atoms with Gasteiger partial charge in [-0.2, -0.15) is 11.8 Å². The lowest BCUT2D eigenvalue weighted by molar-refractivity contribution is 0.604. The molecule has 0 spiro atoms. The molecule has 2 N–H and O–H groups in total. The van der Waals surface area contributed by atoms with E-state index in [9.17, 15) is 0 Å². The molecular weight excluding hydrogens is 302 g/mol. The number of thioether (sulfide) groups is 1. The third kappa shape index (κ3) is 2.84. The standard InChI is InChI=1S/C16H21NS3/c1-16(2,3)14-5-4-12(20-14)15(17)13-8-10-9-18-7-6-11(10)19-13/h4-5,8,15H,6-7,9,17H2,1-3H3. The number of hydrogen-bond acceptors (Lipinski definition) is 4. The highest BCUT2D eigenvalue weighted by molar-refractivity contribution is 7.98. The summed E-state index contributed by atoms with van der Waals surface area (Å²) in [7, 11) is 0. The first kappa shape index (κ1) is 14.6. The van der Waals surface area contributed by atoms with Gasteiger partial charge in [-0.3, -0.25) is 0 Å². The van der Waals surface area contributed by atoms with Gasteiger partial charge in [0.2, 0.25) is 0 Å². The molecule has 2 aromatic heterocycles. The zero-order valence-electron chi connectivity index (χ0n) is 12.2. The van der Waals surface area contributed by atoms with Gasteiger partial charge >= 0.3 is 0 Å². The molecule has 3 rings (SSSR count). The Hall–Kier alpha value is -0.290. The molecule has 0 amide bonds. The maximum absolute atomic E-state index is 6.50. The van der Waals surface area contributed by atoms with Crippen molar-refractivity contribution >= 4 is 34.4 Å². The summed E-state index contributed by atoms with van der Waals surface area (Å²) in [6, 6.07) is 6.84.